The van der Waals surface area contributed by atoms with Gasteiger partial charge in [0.15, 0.2) is 0 Å². The zero-order valence-electron chi connectivity index (χ0n) is 9.16. The molecule has 1 amide bonds. The Morgan fingerprint density at radius 2 is 2.21 bits per heavy atom. The molecule has 1 rings (SSSR count). The topological polar surface area (TPSA) is 23.6 Å². The number of piperazine rings is 1. The van der Waals surface area contributed by atoms with Gasteiger partial charge in [0.1, 0.15) is 0 Å². The predicted octanol–water partition coefficient (Wildman–Crippen LogP) is 1.24. The molecule has 0 aromatic carbocycles. The third kappa shape index (κ3) is 1.97. The summed E-state index contributed by atoms with van der Waals surface area (Å²) in [4.78, 5) is 15.2. The van der Waals surface area contributed by atoms with Gasteiger partial charge in [-0.05, 0) is 13.3 Å². The van der Waals surface area contributed by atoms with Crippen molar-refractivity contribution in [2.45, 2.75) is 19.4 Å². The molecular weight excluding hydrogens is 176 g/mol. The van der Waals surface area contributed by atoms with E-state index in [1.165, 1.54) is 0 Å². The molecule has 0 bridgehead atoms. The Kier molecular flexibility index (Phi) is 3.33. The zero-order chi connectivity index (χ0) is 10.7. The number of hydrogen-bond donors (Lipinski definition) is 0. The lowest BCUT2D eigenvalue weighted by Gasteiger charge is -2.39. The fourth-order valence-electron chi connectivity index (χ4n) is 1.63. The third-order valence-electron chi connectivity index (χ3n) is 2.70. The lowest BCUT2D eigenvalue weighted by molar-refractivity contribution is -0.134. The molecule has 1 heterocycles. The number of amides is 1. The van der Waals surface area contributed by atoms with E-state index < -0.39 is 0 Å². The maximum Gasteiger partial charge on any atom is 0.242 e. The van der Waals surface area contributed by atoms with Gasteiger partial charge in [-0.15, -0.1) is 0 Å². The van der Waals surface area contributed by atoms with Crippen LogP contribution in [0.2, 0.25) is 0 Å². The minimum Gasteiger partial charge on any atom is -0.367 e. The lowest BCUT2D eigenvalue weighted by Crippen LogP contribution is -2.51. The number of rotatable bonds is 2. The van der Waals surface area contributed by atoms with Crippen molar-refractivity contribution >= 4 is 5.91 Å². The summed E-state index contributed by atoms with van der Waals surface area (Å²) in [6.45, 7) is 6.44. The van der Waals surface area contributed by atoms with Crippen molar-refractivity contribution in [3.05, 3.63) is 24.4 Å². The quantitative estimate of drug-likeness (QED) is 0.617. The minimum atomic E-state index is 0.123. The molecule has 0 radical (unpaired) electrons. The van der Waals surface area contributed by atoms with Crippen molar-refractivity contribution in [2.24, 2.45) is 0 Å². The maximum absolute atomic E-state index is 11.5. The molecule has 1 aliphatic heterocycles. The van der Waals surface area contributed by atoms with Gasteiger partial charge in [-0.1, -0.05) is 18.7 Å². The van der Waals surface area contributed by atoms with Gasteiger partial charge >= 0.3 is 0 Å². The lowest BCUT2D eigenvalue weighted by atomic mass is 10.1. The van der Waals surface area contributed by atoms with Gasteiger partial charge in [-0.2, -0.15) is 0 Å². The number of hydrogen-bond acceptors (Lipinski definition) is 2. The minimum absolute atomic E-state index is 0.123. The smallest absolute Gasteiger partial charge is 0.242 e. The molecule has 3 nitrogen and oxygen atoms in total. The molecule has 0 aliphatic carbocycles. The summed E-state index contributed by atoms with van der Waals surface area (Å²) in [7, 11) is 3.75. The largest absolute Gasteiger partial charge is 0.367 e. The van der Waals surface area contributed by atoms with Gasteiger partial charge in [-0.25, -0.2) is 0 Å². The monoisotopic (exact) mass is 194 g/mol. The van der Waals surface area contributed by atoms with Crippen molar-refractivity contribution in [1.82, 2.24) is 9.80 Å². The highest BCUT2D eigenvalue weighted by atomic mass is 16.2. The highest BCUT2D eigenvalue weighted by Crippen LogP contribution is 2.20. The van der Waals surface area contributed by atoms with Crippen LogP contribution in [-0.2, 0) is 4.79 Å². The second kappa shape index (κ2) is 4.31. The first-order valence-electron chi connectivity index (χ1n) is 4.84. The Hall–Kier alpha value is -1.25. The van der Waals surface area contributed by atoms with Crippen LogP contribution in [0.15, 0.2) is 24.4 Å². The SMILES string of the molecule is C=C1C(C/C=C\C)N(C)C(=O)CN1C. The average molecular weight is 194 g/mol. The first kappa shape index (κ1) is 10.8. The van der Waals surface area contributed by atoms with E-state index in [9.17, 15) is 4.79 Å². The summed E-state index contributed by atoms with van der Waals surface area (Å²) < 4.78 is 0. The van der Waals surface area contributed by atoms with Gasteiger partial charge in [0.05, 0.1) is 12.6 Å². The van der Waals surface area contributed by atoms with E-state index in [-0.39, 0.29) is 11.9 Å². The van der Waals surface area contributed by atoms with Crippen molar-refractivity contribution < 1.29 is 4.79 Å². The molecule has 1 saturated heterocycles. The molecule has 1 atom stereocenters. The third-order valence-corrected chi connectivity index (χ3v) is 2.70. The zero-order valence-corrected chi connectivity index (χ0v) is 9.16. The number of carbonyl (C=O) groups excluding carboxylic acids is 1. The molecule has 0 aromatic heterocycles. The van der Waals surface area contributed by atoms with Crippen LogP contribution in [0.25, 0.3) is 0 Å². The van der Waals surface area contributed by atoms with Gasteiger partial charge in [-0.3, -0.25) is 4.79 Å². The summed E-state index contributed by atoms with van der Waals surface area (Å²) in [5.41, 5.74) is 1.02. The van der Waals surface area contributed by atoms with Gasteiger partial charge in [0, 0.05) is 19.8 Å². The molecule has 0 N–H and O–H groups in total. The summed E-state index contributed by atoms with van der Waals surface area (Å²) in [6.07, 6.45) is 4.92. The van der Waals surface area contributed by atoms with Crippen LogP contribution in [0, 0.1) is 0 Å². The van der Waals surface area contributed by atoms with Crippen molar-refractivity contribution in [3.63, 3.8) is 0 Å². The van der Waals surface area contributed by atoms with Gasteiger partial charge in [0.2, 0.25) is 5.91 Å². The van der Waals surface area contributed by atoms with E-state index in [0.29, 0.717) is 6.54 Å². The summed E-state index contributed by atoms with van der Waals surface area (Å²) in [5, 5.41) is 0. The molecule has 14 heavy (non-hydrogen) atoms. The van der Waals surface area contributed by atoms with Crippen LogP contribution in [-0.4, -0.2) is 42.4 Å². The molecule has 0 saturated carbocycles. The van der Waals surface area contributed by atoms with E-state index >= 15 is 0 Å². The first-order chi connectivity index (χ1) is 6.57. The van der Waals surface area contributed by atoms with E-state index in [1.807, 2.05) is 32.0 Å². The van der Waals surface area contributed by atoms with Gasteiger partial charge < -0.3 is 9.80 Å². The Labute approximate surface area is 85.7 Å². The van der Waals surface area contributed by atoms with Crippen molar-refractivity contribution in [3.8, 4) is 0 Å². The summed E-state index contributed by atoms with van der Waals surface area (Å²) in [5.74, 6) is 0.161. The number of carbonyl (C=O) groups is 1. The predicted molar refractivity (Wildman–Crippen MR) is 57.8 cm³/mol. The highest BCUT2D eigenvalue weighted by molar-refractivity contribution is 5.80. The van der Waals surface area contributed by atoms with Crippen LogP contribution in [0.1, 0.15) is 13.3 Å². The van der Waals surface area contributed by atoms with Crippen molar-refractivity contribution in [2.75, 3.05) is 20.6 Å². The van der Waals surface area contributed by atoms with Gasteiger partial charge in [0.25, 0.3) is 0 Å². The molecule has 1 unspecified atom stereocenters. The Balaban J connectivity index is 2.77. The second-order valence-electron chi connectivity index (χ2n) is 3.67. The number of nitrogens with zero attached hydrogens (tertiary/aromatic N) is 2. The van der Waals surface area contributed by atoms with Crippen LogP contribution in [0.3, 0.4) is 0 Å². The Morgan fingerprint density at radius 3 is 2.79 bits per heavy atom. The Morgan fingerprint density at radius 1 is 1.57 bits per heavy atom. The number of likely N-dealkylation sites (N-methyl/N-ethyl adjacent to an activating group) is 2. The summed E-state index contributed by atoms with van der Waals surface area (Å²) >= 11 is 0. The average Bonchev–Trinajstić information content (AvgIpc) is 2.15. The molecule has 78 valence electrons. The summed E-state index contributed by atoms with van der Waals surface area (Å²) in [6, 6.07) is 0.123. The molecule has 1 aliphatic rings. The van der Waals surface area contributed by atoms with E-state index in [1.54, 1.807) is 4.90 Å². The van der Waals surface area contributed by atoms with E-state index in [0.717, 1.165) is 12.1 Å². The first-order valence-corrected chi connectivity index (χ1v) is 4.84. The Bertz CT molecular complexity index is 270. The van der Waals surface area contributed by atoms with Crippen LogP contribution in [0.5, 0.6) is 0 Å². The van der Waals surface area contributed by atoms with Crippen LogP contribution in [0.4, 0.5) is 0 Å². The molecule has 0 spiro atoms. The molecule has 0 aromatic rings. The normalized spacial score (nSPS) is 23.8. The molecule has 3 heteroatoms. The van der Waals surface area contributed by atoms with Crippen LogP contribution >= 0.6 is 0 Å². The number of allylic oxidation sites excluding steroid dienone is 1. The van der Waals surface area contributed by atoms with Crippen LogP contribution < -0.4 is 0 Å². The second-order valence-corrected chi connectivity index (χ2v) is 3.67. The highest BCUT2D eigenvalue weighted by Gasteiger charge is 2.29. The fraction of sp³-hybridized carbons (Fsp3) is 0.545. The van der Waals surface area contributed by atoms with E-state index in [2.05, 4.69) is 12.7 Å². The fourth-order valence-corrected chi connectivity index (χ4v) is 1.63. The van der Waals surface area contributed by atoms with E-state index in [4.69, 9.17) is 0 Å². The standard InChI is InChI=1S/C11H18N2O/c1-5-6-7-10-9(2)12(3)8-11(14)13(10)4/h5-6,10H,2,7-8H2,1,3-4H3/b6-5-. The van der Waals surface area contributed by atoms with Crippen molar-refractivity contribution in [1.29, 1.82) is 0 Å². The molecular formula is C11H18N2O. The molecule has 1 fully saturated rings. The maximum atomic E-state index is 11.5.